The number of likely N-dealkylation sites (tertiary alicyclic amines) is 1. The van der Waals surface area contributed by atoms with Crippen molar-refractivity contribution in [2.45, 2.75) is 65.0 Å². The van der Waals surface area contributed by atoms with Gasteiger partial charge in [-0.15, -0.1) is 0 Å². The van der Waals surface area contributed by atoms with Crippen molar-refractivity contribution >= 4 is 0 Å². The van der Waals surface area contributed by atoms with Crippen molar-refractivity contribution in [3.05, 3.63) is 0 Å². The molecule has 1 aliphatic rings. The average Bonchev–Trinajstić information content (AvgIpc) is 2.29. The van der Waals surface area contributed by atoms with Crippen molar-refractivity contribution < 1.29 is 0 Å². The van der Waals surface area contributed by atoms with Gasteiger partial charge in [0.05, 0.1) is 0 Å². The van der Waals surface area contributed by atoms with E-state index in [2.05, 4.69) is 38.0 Å². The second-order valence-corrected chi connectivity index (χ2v) is 5.40. The second kappa shape index (κ2) is 7.29. The van der Waals surface area contributed by atoms with Crippen molar-refractivity contribution in [1.29, 1.82) is 0 Å². The van der Waals surface area contributed by atoms with Gasteiger partial charge in [0.15, 0.2) is 0 Å². The number of nitrogens with zero attached hydrogens (tertiary/aromatic N) is 1. The van der Waals surface area contributed by atoms with E-state index < -0.39 is 0 Å². The standard InChI is InChI=1S/C14H30N2/c1-5-8-13(15-4)14(6-2)16-10-7-9-12(3)11-16/h12-15H,5-11H2,1-4H3. The molecule has 0 aromatic rings. The number of piperidine rings is 1. The molecule has 0 amide bonds. The number of hydrogen-bond acceptors (Lipinski definition) is 2. The van der Waals surface area contributed by atoms with E-state index in [4.69, 9.17) is 0 Å². The van der Waals surface area contributed by atoms with Crippen LogP contribution >= 0.6 is 0 Å². The van der Waals surface area contributed by atoms with Gasteiger partial charge in [-0.2, -0.15) is 0 Å². The lowest BCUT2D eigenvalue weighted by Gasteiger charge is -2.40. The van der Waals surface area contributed by atoms with Crippen LogP contribution < -0.4 is 5.32 Å². The van der Waals surface area contributed by atoms with Crippen LogP contribution in [-0.4, -0.2) is 37.1 Å². The molecule has 2 nitrogen and oxygen atoms in total. The average molecular weight is 226 g/mol. The maximum Gasteiger partial charge on any atom is 0.0246 e. The summed E-state index contributed by atoms with van der Waals surface area (Å²) in [5.41, 5.74) is 0. The molecular weight excluding hydrogens is 196 g/mol. The van der Waals surface area contributed by atoms with Crippen LogP contribution in [0.1, 0.15) is 52.9 Å². The smallest absolute Gasteiger partial charge is 0.0246 e. The molecule has 0 saturated carbocycles. The Morgan fingerprint density at radius 2 is 2.12 bits per heavy atom. The predicted molar refractivity (Wildman–Crippen MR) is 71.8 cm³/mol. The molecule has 1 heterocycles. The summed E-state index contributed by atoms with van der Waals surface area (Å²) < 4.78 is 0. The third kappa shape index (κ3) is 3.74. The molecule has 0 spiro atoms. The number of likely N-dealkylation sites (N-methyl/N-ethyl adjacent to an activating group) is 1. The molecule has 1 rings (SSSR count). The van der Waals surface area contributed by atoms with E-state index in [0.717, 1.165) is 12.0 Å². The number of rotatable bonds is 6. The van der Waals surface area contributed by atoms with Crippen molar-refractivity contribution in [3.8, 4) is 0 Å². The van der Waals surface area contributed by atoms with E-state index in [1.807, 2.05) is 0 Å². The Morgan fingerprint density at radius 1 is 1.38 bits per heavy atom. The van der Waals surface area contributed by atoms with Crippen LogP contribution in [0.25, 0.3) is 0 Å². The minimum absolute atomic E-state index is 0.681. The van der Waals surface area contributed by atoms with Crippen LogP contribution in [0.15, 0.2) is 0 Å². The normalized spacial score (nSPS) is 26.6. The molecule has 0 bridgehead atoms. The van der Waals surface area contributed by atoms with Crippen molar-refractivity contribution in [2.75, 3.05) is 20.1 Å². The zero-order valence-electron chi connectivity index (χ0n) is 11.6. The Hall–Kier alpha value is -0.0800. The summed E-state index contributed by atoms with van der Waals surface area (Å²) in [6.07, 6.45) is 6.68. The molecule has 3 atom stereocenters. The van der Waals surface area contributed by atoms with Gasteiger partial charge in [0.2, 0.25) is 0 Å². The zero-order valence-corrected chi connectivity index (χ0v) is 11.6. The van der Waals surface area contributed by atoms with Gasteiger partial charge in [0.25, 0.3) is 0 Å². The third-order valence-electron chi connectivity index (χ3n) is 4.01. The molecule has 1 aliphatic heterocycles. The summed E-state index contributed by atoms with van der Waals surface area (Å²) in [4.78, 5) is 2.73. The van der Waals surface area contributed by atoms with Crippen LogP contribution in [0.2, 0.25) is 0 Å². The number of hydrogen-bond donors (Lipinski definition) is 1. The summed E-state index contributed by atoms with van der Waals surface area (Å²) in [6.45, 7) is 9.64. The molecule has 0 aliphatic carbocycles. The fourth-order valence-electron chi connectivity index (χ4n) is 3.16. The summed E-state index contributed by atoms with van der Waals surface area (Å²) in [6, 6.07) is 1.42. The van der Waals surface area contributed by atoms with E-state index in [9.17, 15) is 0 Å². The van der Waals surface area contributed by atoms with E-state index in [-0.39, 0.29) is 0 Å². The van der Waals surface area contributed by atoms with Gasteiger partial charge in [-0.05, 0) is 45.2 Å². The summed E-state index contributed by atoms with van der Waals surface area (Å²) >= 11 is 0. The molecule has 3 unspecified atom stereocenters. The third-order valence-corrected chi connectivity index (χ3v) is 4.01. The topological polar surface area (TPSA) is 15.3 Å². The van der Waals surface area contributed by atoms with Crippen molar-refractivity contribution in [3.63, 3.8) is 0 Å². The Bertz CT molecular complexity index is 182. The highest BCUT2D eigenvalue weighted by Crippen LogP contribution is 2.22. The first-order valence-corrected chi connectivity index (χ1v) is 7.14. The molecular formula is C14H30N2. The zero-order chi connectivity index (χ0) is 12.0. The Labute approximate surface area is 102 Å². The molecule has 96 valence electrons. The van der Waals surface area contributed by atoms with Crippen LogP contribution in [-0.2, 0) is 0 Å². The van der Waals surface area contributed by atoms with Crippen molar-refractivity contribution in [2.24, 2.45) is 5.92 Å². The van der Waals surface area contributed by atoms with Crippen LogP contribution in [0.4, 0.5) is 0 Å². The fourth-order valence-corrected chi connectivity index (χ4v) is 3.16. The van der Waals surface area contributed by atoms with Crippen LogP contribution in [0, 0.1) is 5.92 Å². The minimum Gasteiger partial charge on any atom is -0.315 e. The first-order valence-electron chi connectivity index (χ1n) is 7.14. The van der Waals surface area contributed by atoms with Crippen LogP contribution in [0.3, 0.4) is 0 Å². The van der Waals surface area contributed by atoms with Gasteiger partial charge in [-0.25, -0.2) is 0 Å². The molecule has 2 heteroatoms. The van der Waals surface area contributed by atoms with Crippen LogP contribution in [0.5, 0.6) is 0 Å². The fraction of sp³-hybridized carbons (Fsp3) is 1.00. The Morgan fingerprint density at radius 3 is 2.62 bits per heavy atom. The van der Waals surface area contributed by atoms with Gasteiger partial charge in [-0.1, -0.05) is 27.2 Å². The highest BCUT2D eigenvalue weighted by atomic mass is 15.2. The van der Waals surface area contributed by atoms with E-state index >= 15 is 0 Å². The van der Waals surface area contributed by atoms with E-state index in [1.165, 1.54) is 45.2 Å². The summed E-state index contributed by atoms with van der Waals surface area (Å²) in [5.74, 6) is 0.891. The van der Waals surface area contributed by atoms with Gasteiger partial charge in [-0.3, -0.25) is 4.90 Å². The lowest BCUT2D eigenvalue weighted by atomic mass is 9.93. The molecule has 1 fully saturated rings. The first kappa shape index (κ1) is 14.0. The summed E-state index contributed by atoms with van der Waals surface area (Å²) in [7, 11) is 2.12. The largest absolute Gasteiger partial charge is 0.315 e. The highest BCUT2D eigenvalue weighted by Gasteiger charge is 2.27. The van der Waals surface area contributed by atoms with Gasteiger partial charge < -0.3 is 5.32 Å². The number of nitrogens with one attached hydrogen (secondary N) is 1. The molecule has 0 aromatic carbocycles. The van der Waals surface area contributed by atoms with E-state index in [1.54, 1.807) is 0 Å². The minimum atomic E-state index is 0.681. The van der Waals surface area contributed by atoms with Gasteiger partial charge >= 0.3 is 0 Å². The van der Waals surface area contributed by atoms with Gasteiger partial charge in [0.1, 0.15) is 0 Å². The lowest BCUT2D eigenvalue weighted by molar-refractivity contribution is 0.0993. The molecule has 0 radical (unpaired) electrons. The van der Waals surface area contributed by atoms with E-state index in [0.29, 0.717) is 6.04 Å². The first-order chi connectivity index (χ1) is 7.72. The maximum absolute atomic E-state index is 3.52. The molecule has 1 saturated heterocycles. The SMILES string of the molecule is CCCC(NC)C(CC)N1CCCC(C)C1. The Balaban J connectivity index is 2.56. The van der Waals surface area contributed by atoms with Crippen molar-refractivity contribution in [1.82, 2.24) is 10.2 Å². The highest BCUT2D eigenvalue weighted by molar-refractivity contribution is 4.85. The quantitative estimate of drug-likeness (QED) is 0.749. The molecule has 0 aromatic heterocycles. The predicted octanol–water partition coefficient (Wildman–Crippen LogP) is 2.89. The summed E-state index contributed by atoms with van der Waals surface area (Å²) in [5, 5.41) is 3.52. The monoisotopic (exact) mass is 226 g/mol. The molecule has 1 N–H and O–H groups in total. The Kier molecular flexibility index (Phi) is 6.37. The maximum atomic E-state index is 3.52. The lowest BCUT2D eigenvalue weighted by Crippen LogP contribution is -2.51. The second-order valence-electron chi connectivity index (χ2n) is 5.40. The molecule has 16 heavy (non-hydrogen) atoms. The van der Waals surface area contributed by atoms with Gasteiger partial charge in [0, 0.05) is 18.6 Å².